The Balaban J connectivity index is 3.72. The average Bonchev–Trinajstić information content (AvgIpc) is 2.13. The van der Waals surface area contributed by atoms with Crippen LogP contribution >= 0.6 is 0 Å². The summed E-state index contributed by atoms with van der Waals surface area (Å²) in [6, 6.07) is 0. The van der Waals surface area contributed by atoms with Gasteiger partial charge in [-0.3, -0.25) is 0 Å². The van der Waals surface area contributed by atoms with Crippen LogP contribution in [0.15, 0.2) is 0 Å². The number of aliphatic hydroxyl groups excluding tert-OH is 2. The molecule has 0 radical (unpaired) electrons. The van der Waals surface area contributed by atoms with Crippen LogP contribution in [0.4, 0.5) is 0 Å². The SMILES string of the molecule is CCC(C)(CC)NCC(O)CO. The Morgan fingerprint density at radius 3 is 2.17 bits per heavy atom. The second kappa shape index (κ2) is 5.51. The molecule has 0 amide bonds. The van der Waals surface area contributed by atoms with Crippen LogP contribution < -0.4 is 5.32 Å². The van der Waals surface area contributed by atoms with Gasteiger partial charge in [0.25, 0.3) is 0 Å². The fraction of sp³-hybridized carbons (Fsp3) is 1.00. The molecule has 12 heavy (non-hydrogen) atoms. The topological polar surface area (TPSA) is 52.5 Å². The molecule has 3 N–H and O–H groups in total. The quantitative estimate of drug-likeness (QED) is 0.551. The number of β-amino-alcohol motifs (C(OH)–C–C–N with tert-alkyl or cyclic N) is 1. The van der Waals surface area contributed by atoms with Crippen molar-refractivity contribution in [1.82, 2.24) is 5.32 Å². The molecular weight excluding hydrogens is 154 g/mol. The number of hydrogen-bond donors (Lipinski definition) is 3. The fourth-order valence-corrected chi connectivity index (χ4v) is 0.929. The van der Waals surface area contributed by atoms with Gasteiger partial charge in [0.05, 0.1) is 12.7 Å². The Labute approximate surface area is 74.8 Å². The van der Waals surface area contributed by atoms with E-state index >= 15 is 0 Å². The molecule has 0 fully saturated rings. The predicted molar refractivity (Wildman–Crippen MR) is 50.1 cm³/mol. The van der Waals surface area contributed by atoms with Gasteiger partial charge in [-0.15, -0.1) is 0 Å². The summed E-state index contributed by atoms with van der Waals surface area (Å²) in [6.45, 7) is 6.64. The molecule has 0 heterocycles. The Kier molecular flexibility index (Phi) is 5.46. The summed E-state index contributed by atoms with van der Waals surface area (Å²) >= 11 is 0. The normalized spacial score (nSPS) is 14.8. The van der Waals surface area contributed by atoms with Crippen molar-refractivity contribution in [2.45, 2.75) is 45.3 Å². The summed E-state index contributed by atoms with van der Waals surface area (Å²) in [5, 5.41) is 20.9. The third-order valence-electron chi connectivity index (χ3n) is 2.54. The Morgan fingerprint density at radius 1 is 1.33 bits per heavy atom. The van der Waals surface area contributed by atoms with E-state index in [0.717, 1.165) is 12.8 Å². The van der Waals surface area contributed by atoms with Crippen LogP contribution in [0.2, 0.25) is 0 Å². The first-order valence-electron chi connectivity index (χ1n) is 4.62. The van der Waals surface area contributed by atoms with Crippen molar-refractivity contribution in [3.8, 4) is 0 Å². The van der Waals surface area contributed by atoms with Gasteiger partial charge in [-0.25, -0.2) is 0 Å². The number of hydrogen-bond acceptors (Lipinski definition) is 3. The third-order valence-corrected chi connectivity index (χ3v) is 2.54. The molecule has 1 atom stereocenters. The van der Waals surface area contributed by atoms with Gasteiger partial charge in [0, 0.05) is 12.1 Å². The zero-order valence-corrected chi connectivity index (χ0v) is 8.30. The van der Waals surface area contributed by atoms with Gasteiger partial charge in [-0.1, -0.05) is 13.8 Å². The second-order valence-electron chi connectivity index (χ2n) is 3.49. The molecule has 0 spiro atoms. The maximum absolute atomic E-state index is 9.10. The lowest BCUT2D eigenvalue weighted by atomic mass is 9.95. The van der Waals surface area contributed by atoms with Crippen molar-refractivity contribution in [1.29, 1.82) is 0 Å². The van der Waals surface area contributed by atoms with E-state index in [1.54, 1.807) is 0 Å². The first kappa shape index (κ1) is 11.9. The number of nitrogens with one attached hydrogen (secondary N) is 1. The number of rotatable bonds is 6. The van der Waals surface area contributed by atoms with E-state index in [9.17, 15) is 0 Å². The first-order chi connectivity index (χ1) is 5.58. The van der Waals surface area contributed by atoms with Crippen molar-refractivity contribution in [3.63, 3.8) is 0 Å². The van der Waals surface area contributed by atoms with Gasteiger partial charge in [-0.2, -0.15) is 0 Å². The van der Waals surface area contributed by atoms with Crippen LogP contribution in [-0.4, -0.2) is 35.0 Å². The van der Waals surface area contributed by atoms with Crippen LogP contribution in [0.1, 0.15) is 33.6 Å². The lowest BCUT2D eigenvalue weighted by Crippen LogP contribution is -2.45. The monoisotopic (exact) mass is 175 g/mol. The van der Waals surface area contributed by atoms with Crippen LogP contribution in [0, 0.1) is 0 Å². The van der Waals surface area contributed by atoms with Crippen LogP contribution in [0.25, 0.3) is 0 Å². The summed E-state index contributed by atoms with van der Waals surface area (Å²) in [6.07, 6.45) is 1.42. The van der Waals surface area contributed by atoms with Gasteiger partial charge in [0.15, 0.2) is 0 Å². The van der Waals surface area contributed by atoms with E-state index in [-0.39, 0.29) is 12.1 Å². The van der Waals surface area contributed by atoms with Gasteiger partial charge >= 0.3 is 0 Å². The van der Waals surface area contributed by atoms with Crippen LogP contribution in [0.5, 0.6) is 0 Å². The van der Waals surface area contributed by atoms with Crippen LogP contribution in [0.3, 0.4) is 0 Å². The Bertz CT molecular complexity index is 113. The van der Waals surface area contributed by atoms with E-state index in [0.29, 0.717) is 6.54 Å². The highest BCUT2D eigenvalue weighted by Gasteiger charge is 2.19. The largest absolute Gasteiger partial charge is 0.394 e. The Morgan fingerprint density at radius 2 is 1.83 bits per heavy atom. The van der Waals surface area contributed by atoms with E-state index in [1.807, 2.05) is 0 Å². The summed E-state index contributed by atoms with van der Waals surface area (Å²) in [5.41, 5.74) is 0.0934. The van der Waals surface area contributed by atoms with E-state index < -0.39 is 6.10 Å². The molecule has 3 heteroatoms. The first-order valence-corrected chi connectivity index (χ1v) is 4.62. The molecule has 3 nitrogen and oxygen atoms in total. The molecule has 0 rings (SSSR count). The second-order valence-corrected chi connectivity index (χ2v) is 3.49. The molecule has 0 aliphatic rings. The van der Waals surface area contributed by atoms with Gasteiger partial charge in [-0.05, 0) is 19.8 Å². The molecule has 0 aromatic heterocycles. The Hall–Kier alpha value is -0.120. The fourth-order valence-electron chi connectivity index (χ4n) is 0.929. The third kappa shape index (κ3) is 4.04. The van der Waals surface area contributed by atoms with Crippen molar-refractivity contribution >= 4 is 0 Å². The van der Waals surface area contributed by atoms with Gasteiger partial charge in [0.1, 0.15) is 0 Å². The summed E-state index contributed by atoms with van der Waals surface area (Å²) in [7, 11) is 0. The van der Waals surface area contributed by atoms with Crippen molar-refractivity contribution in [2.24, 2.45) is 0 Å². The summed E-state index contributed by atoms with van der Waals surface area (Å²) in [5.74, 6) is 0. The van der Waals surface area contributed by atoms with Crippen molar-refractivity contribution in [3.05, 3.63) is 0 Å². The minimum absolute atomic E-state index is 0.0934. The lowest BCUT2D eigenvalue weighted by Gasteiger charge is -2.29. The predicted octanol–water partition coefficient (Wildman–Crippen LogP) is 0.508. The molecular formula is C9H21NO2. The zero-order chi connectivity index (χ0) is 9.61. The van der Waals surface area contributed by atoms with Crippen LogP contribution in [-0.2, 0) is 0 Å². The van der Waals surface area contributed by atoms with Gasteiger partial charge in [0.2, 0.25) is 0 Å². The van der Waals surface area contributed by atoms with E-state index in [2.05, 4.69) is 26.1 Å². The minimum atomic E-state index is -0.637. The summed E-state index contributed by atoms with van der Waals surface area (Å²) < 4.78 is 0. The molecule has 0 bridgehead atoms. The smallest absolute Gasteiger partial charge is 0.0895 e. The molecule has 0 saturated carbocycles. The maximum Gasteiger partial charge on any atom is 0.0895 e. The van der Waals surface area contributed by atoms with Gasteiger partial charge < -0.3 is 15.5 Å². The average molecular weight is 175 g/mol. The van der Waals surface area contributed by atoms with E-state index in [4.69, 9.17) is 10.2 Å². The highest BCUT2D eigenvalue weighted by atomic mass is 16.3. The zero-order valence-electron chi connectivity index (χ0n) is 8.30. The van der Waals surface area contributed by atoms with Crippen molar-refractivity contribution in [2.75, 3.05) is 13.2 Å². The molecule has 0 aromatic carbocycles. The maximum atomic E-state index is 9.10. The molecule has 0 aliphatic carbocycles. The highest BCUT2D eigenvalue weighted by molar-refractivity contribution is 4.80. The molecule has 0 saturated heterocycles. The summed E-state index contributed by atoms with van der Waals surface area (Å²) in [4.78, 5) is 0. The van der Waals surface area contributed by atoms with E-state index in [1.165, 1.54) is 0 Å². The molecule has 0 aromatic rings. The molecule has 1 unspecified atom stereocenters. The lowest BCUT2D eigenvalue weighted by molar-refractivity contribution is 0.0858. The molecule has 0 aliphatic heterocycles. The highest BCUT2D eigenvalue weighted by Crippen LogP contribution is 2.12. The van der Waals surface area contributed by atoms with Crippen molar-refractivity contribution < 1.29 is 10.2 Å². The molecule has 74 valence electrons. The number of aliphatic hydroxyl groups is 2. The standard InChI is InChI=1S/C9H21NO2/c1-4-9(3,5-2)10-6-8(12)7-11/h8,10-12H,4-7H2,1-3H3. The minimum Gasteiger partial charge on any atom is -0.394 e.